The smallest absolute Gasteiger partial charge is 0.129 e. The lowest BCUT2D eigenvalue weighted by molar-refractivity contribution is 0.0238. The van der Waals surface area contributed by atoms with Crippen LogP contribution in [0.5, 0.6) is 0 Å². The van der Waals surface area contributed by atoms with Gasteiger partial charge in [-0.1, -0.05) is 149 Å². The van der Waals surface area contributed by atoms with Crippen molar-refractivity contribution in [1.82, 2.24) is 4.98 Å². The number of pyridine rings is 1. The summed E-state index contributed by atoms with van der Waals surface area (Å²) in [4.78, 5) is 19.9. The molecule has 1 aromatic heterocycles. The number of alkyl halides is 1. The molecule has 1 aromatic carbocycles. The Kier molecular flexibility index (Phi) is 32.0. The zero-order valence-electron chi connectivity index (χ0n) is 35.2. The number of rotatable bonds is 8. The fraction of sp³-hybridized carbons (Fsp3) is 0.596. The van der Waals surface area contributed by atoms with Crippen LogP contribution in [0.3, 0.4) is 0 Å². The van der Waals surface area contributed by atoms with Crippen LogP contribution in [-0.4, -0.2) is 54.3 Å². The number of hydrogen-bond acceptors (Lipinski definition) is 5. The quantitative estimate of drug-likeness (QED) is 0.267. The summed E-state index contributed by atoms with van der Waals surface area (Å²) < 4.78 is 12.6. The first-order chi connectivity index (χ1) is 25.7. The zero-order chi connectivity index (χ0) is 39.4. The lowest BCUT2D eigenvalue weighted by Crippen LogP contribution is -2.36. The van der Waals surface area contributed by atoms with E-state index in [9.17, 15) is 4.39 Å². The largest absolute Gasteiger partial charge is 0.289 e. The highest BCUT2D eigenvalue weighted by molar-refractivity contribution is 6.31. The third-order valence-corrected chi connectivity index (χ3v) is 8.50. The second kappa shape index (κ2) is 34.2. The SMILES string of the molecule is CCC.CCC1=CCN=C1.CCC1=NCC=C1.CCC1=NCN=C1.CCC1CC(C)(F)C1.CCCC1CC1.CCCc1ccccc1.c1ccncc1. The number of benzene rings is 1. The van der Waals surface area contributed by atoms with E-state index in [1.165, 1.54) is 61.8 Å². The van der Waals surface area contributed by atoms with Crippen LogP contribution >= 0.6 is 0 Å². The Bertz CT molecular complexity index is 1180. The van der Waals surface area contributed by atoms with E-state index >= 15 is 0 Å². The van der Waals surface area contributed by atoms with Gasteiger partial charge in [0.2, 0.25) is 0 Å². The molecule has 5 aliphatic rings. The topological polar surface area (TPSA) is 62.3 Å². The van der Waals surface area contributed by atoms with Gasteiger partial charge in [0.15, 0.2) is 0 Å². The van der Waals surface area contributed by atoms with Gasteiger partial charge >= 0.3 is 0 Å². The van der Waals surface area contributed by atoms with E-state index < -0.39 is 5.67 Å². The van der Waals surface area contributed by atoms with E-state index in [1.807, 2.05) is 30.6 Å². The molecule has 2 fully saturated rings. The van der Waals surface area contributed by atoms with Gasteiger partial charge in [-0.15, -0.1) is 0 Å². The van der Waals surface area contributed by atoms with Gasteiger partial charge in [0.1, 0.15) is 12.3 Å². The van der Waals surface area contributed by atoms with Crippen molar-refractivity contribution in [3.63, 3.8) is 0 Å². The Balaban J connectivity index is 0.000000590. The molecule has 6 heteroatoms. The average Bonchev–Trinajstić information content (AvgIpc) is 3.62. The maximum absolute atomic E-state index is 12.6. The van der Waals surface area contributed by atoms with Gasteiger partial charge in [0.25, 0.3) is 0 Å². The molecular formula is C47H76FN5. The van der Waals surface area contributed by atoms with Crippen molar-refractivity contribution < 1.29 is 4.39 Å². The van der Waals surface area contributed by atoms with E-state index in [1.54, 1.807) is 19.3 Å². The zero-order valence-corrected chi connectivity index (χ0v) is 35.2. The fourth-order valence-corrected chi connectivity index (χ4v) is 5.28. The number of allylic oxidation sites excluding steroid dienone is 2. The fourth-order valence-electron chi connectivity index (χ4n) is 5.28. The number of aryl methyl sites for hydroxylation is 1. The first-order valence-electron chi connectivity index (χ1n) is 20.7. The molecule has 5 nitrogen and oxygen atoms in total. The van der Waals surface area contributed by atoms with Crippen molar-refractivity contribution in [3.8, 4) is 0 Å². The Morgan fingerprint density at radius 1 is 0.698 bits per heavy atom. The molecule has 0 atom stereocenters. The Hall–Kier alpha value is -3.54. The minimum absolute atomic E-state index is 0.656. The van der Waals surface area contributed by atoms with E-state index in [-0.39, 0.29) is 0 Å². The number of aromatic nitrogens is 1. The molecule has 0 amide bonds. The average molecular weight is 730 g/mol. The van der Waals surface area contributed by atoms with E-state index in [2.05, 4.69) is 129 Å². The predicted octanol–water partition coefficient (Wildman–Crippen LogP) is 13.6. The third kappa shape index (κ3) is 30.6. The van der Waals surface area contributed by atoms with Crippen LogP contribution in [-0.2, 0) is 6.42 Å². The summed E-state index contributed by atoms with van der Waals surface area (Å²) in [6.45, 7) is 21.3. The molecule has 3 aliphatic heterocycles. The molecule has 0 bridgehead atoms. The Morgan fingerprint density at radius 2 is 1.34 bits per heavy atom. The monoisotopic (exact) mass is 730 g/mol. The standard InChI is InChI=1S/C9H12.C7H13F.2C6H9N.C6H12.C5H8N2.C5H5N.C3H8/c1-2-6-9-7-4-3-5-8-9;1-3-6-4-7(2,8)5-6;1-2-6-3-4-7-5-6;1-2-6-4-3-5-7-6;1-2-3-6-4-5-6;1-2-5-3-6-4-7-5;1-2-4-6-5-3-1;1-3-2/h3-5,7-8H,2,6H2,1H3;6H,3-5H2,1-2H3;3,5H,2,4H2,1H3;3-4H,2,5H2,1H3;6H,2-5H2,1H3;3H,2,4H2,1H3;1-5H;3H2,1-2H3. The molecule has 0 spiro atoms. The van der Waals surface area contributed by atoms with Crippen molar-refractivity contribution in [2.24, 2.45) is 31.8 Å². The predicted molar refractivity (Wildman–Crippen MR) is 235 cm³/mol. The number of halogens is 1. The third-order valence-electron chi connectivity index (χ3n) is 8.50. The number of nitrogens with zero attached hydrogens (tertiary/aromatic N) is 5. The van der Waals surface area contributed by atoms with Gasteiger partial charge in [-0.05, 0) is 86.6 Å². The van der Waals surface area contributed by atoms with Crippen LogP contribution in [0.15, 0.2) is 105 Å². The molecule has 0 N–H and O–H groups in total. The molecule has 4 heterocycles. The lowest BCUT2D eigenvalue weighted by Gasteiger charge is -2.38. The summed E-state index contributed by atoms with van der Waals surface area (Å²) in [6.07, 6.45) is 29.2. The van der Waals surface area contributed by atoms with Crippen molar-refractivity contribution >= 4 is 23.9 Å². The molecule has 7 rings (SSSR count). The normalized spacial score (nSPS) is 19.2. The van der Waals surface area contributed by atoms with Crippen LogP contribution in [0.25, 0.3) is 0 Å². The van der Waals surface area contributed by atoms with Crippen molar-refractivity contribution in [1.29, 1.82) is 0 Å². The minimum atomic E-state index is -0.805. The summed E-state index contributed by atoms with van der Waals surface area (Å²) in [7, 11) is 0. The highest BCUT2D eigenvalue weighted by Gasteiger charge is 2.38. The molecule has 53 heavy (non-hydrogen) atoms. The second-order valence-corrected chi connectivity index (χ2v) is 14.0. The van der Waals surface area contributed by atoms with Gasteiger partial charge in [0, 0.05) is 30.5 Å². The van der Waals surface area contributed by atoms with Gasteiger partial charge in [-0.25, -0.2) is 4.39 Å². The van der Waals surface area contributed by atoms with Crippen LogP contribution in [0, 0.1) is 11.8 Å². The van der Waals surface area contributed by atoms with Crippen LogP contribution < -0.4 is 0 Å². The Labute approximate surface area is 325 Å². The molecule has 0 radical (unpaired) electrons. The van der Waals surface area contributed by atoms with Gasteiger partial charge in [0.05, 0.1) is 18.8 Å². The van der Waals surface area contributed by atoms with Gasteiger partial charge in [-0.2, -0.15) is 0 Å². The lowest BCUT2D eigenvalue weighted by atomic mass is 9.72. The summed E-state index contributed by atoms with van der Waals surface area (Å²) in [6, 6.07) is 16.3. The molecule has 0 saturated heterocycles. The summed E-state index contributed by atoms with van der Waals surface area (Å²) in [5.41, 5.74) is 4.38. The van der Waals surface area contributed by atoms with Crippen molar-refractivity contribution in [3.05, 3.63) is 90.3 Å². The summed E-state index contributed by atoms with van der Waals surface area (Å²) >= 11 is 0. The molecule has 2 saturated carbocycles. The second-order valence-electron chi connectivity index (χ2n) is 14.0. The Morgan fingerprint density at radius 3 is 1.60 bits per heavy atom. The number of aliphatic imine (C=N–C) groups is 4. The van der Waals surface area contributed by atoms with E-state index in [0.717, 1.165) is 63.2 Å². The number of hydrogen-bond donors (Lipinski definition) is 0. The molecule has 296 valence electrons. The summed E-state index contributed by atoms with van der Waals surface area (Å²) in [5, 5.41) is 0. The van der Waals surface area contributed by atoms with Gasteiger partial charge in [-0.3, -0.25) is 25.0 Å². The van der Waals surface area contributed by atoms with Crippen LogP contribution in [0.1, 0.15) is 145 Å². The first kappa shape index (κ1) is 49.5. The van der Waals surface area contributed by atoms with Crippen molar-refractivity contribution in [2.75, 3.05) is 19.8 Å². The maximum atomic E-state index is 12.6. The van der Waals surface area contributed by atoms with Gasteiger partial charge < -0.3 is 0 Å². The maximum Gasteiger partial charge on any atom is 0.129 e. The van der Waals surface area contributed by atoms with Crippen molar-refractivity contribution in [2.45, 2.75) is 151 Å². The molecule has 2 aliphatic carbocycles. The molecule has 2 aromatic rings. The molecule has 0 unspecified atom stereocenters. The molecular weight excluding hydrogens is 654 g/mol. The van der Waals surface area contributed by atoms with E-state index in [4.69, 9.17) is 0 Å². The minimum Gasteiger partial charge on any atom is -0.289 e. The van der Waals surface area contributed by atoms with Crippen LogP contribution in [0.2, 0.25) is 0 Å². The highest BCUT2D eigenvalue weighted by Crippen LogP contribution is 2.42. The van der Waals surface area contributed by atoms with Crippen LogP contribution in [0.4, 0.5) is 4.39 Å². The summed E-state index contributed by atoms with van der Waals surface area (Å²) in [5.74, 6) is 1.83. The van der Waals surface area contributed by atoms with E-state index in [0.29, 0.717) is 12.6 Å². The first-order valence-corrected chi connectivity index (χ1v) is 20.7. The highest BCUT2D eigenvalue weighted by atomic mass is 19.1.